The largest absolute Gasteiger partial charge is 0.466 e. The molecule has 0 unspecified atom stereocenters. The molecule has 1 aromatic carbocycles. The molecule has 0 bridgehead atoms. The van der Waals surface area contributed by atoms with Gasteiger partial charge < -0.3 is 20.5 Å². The average molecular weight is 418 g/mol. The van der Waals surface area contributed by atoms with Gasteiger partial charge in [-0.05, 0) is 32.0 Å². The summed E-state index contributed by atoms with van der Waals surface area (Å²) in [6.45, 7) is 2.94. The van der Waals surface area contributed by atoms with E-state index < -0.39 is 59.4 Å². The molecule has 0 saturated carbocycles. The van der Waals surface area contributed by atoms with Crippen LogP contribution >= 0.6 is 0 Å². The maximum absolute atomic E-state index is 12.8. The Morgan fingerprint density at radius 3 is 2.24 bits per heavy atom. The molecule has 0 heterocycles. The second-order valence-corrected chi connectivity index (χ2v) is 5.80. The molecule has 0 aliphatic heterocycles. The van der Waals surface area contributed by atoms with Crippen molar-refractivity contribution in [3.05, 3.63) is 35.4 Å². The first-order valence-corrected chi connectivity index (χ1v) is 8.60. The van der Waals surface area contributed by atoms with Crippen molar-refractivity contribution in [2.45, 2.75) is 32.5 Å². The molecule has 11 heteroatoms. The van der Waals surface area contributed by atoms with Gasteiger partial charge in [0.15, 0.2) is 0 Å². The summed E-state index contributed by atoms with van der Waals surface area (Å²) < 4.78 is 48.1. The zero-order valence-corrected chi connectivity index (χ0v) is 15.7. The molecule has 2 amide bonds. The fourth-order valence-electron chi connectivity index (χ4n) is 2.42. The Kier molecular flexibility index (Phi) is 8.61. The smallest absolute Gasteiger partial charge is 0.416 e. The molecule has 1 aromatic rings. The van der Waals surface area contributed by atoms with Gasteiger partial charge in [-0.25, -0.2) is 0 Å². The van der Waals surface area contributed by atoms with Gasteiger partial charge in [0, 0.05) is 5.56 Å². The number of esters is 2. The van der Waals surface area contributed by atoms with Crippen molar-refractivity contribution in [1.29, 1.82) is 0 Å². The minimum absolute atomic E-state index is 0.00616. The molecular weight excluding hydrogens is 397 g/mol. The van der Waals surface area contributed by atoms with Gasteiger partial charge in [-0.3, -0.25) is 19.2 Å². The van der Waals surface area contributed by atoms with Gasteiger partial charge in [-0.2, -0.15) is 13.2 Å². The molecule has 3 N–H and O–H groups in total. The Balaban J connectivity index is 3.15. The summed E-state index contributed by atoms with van der Waals surface area (Å²) >= 11 is 0. The third-order valence-electron chi connectivity index (χ3n) is 3.73. The number of nitrogens with two attached hydrogens (primary N) is 1. The van der Waals surface area contributed by atoms with Crippen LogP contribution in [-0.2, 0) is 30.0 Å². The van der Waals surface area contributed by atoms with Gasteiger partial charge in [0.25, 0.3) is 5.91 Å². The molecule has 0 radical (unpaired) electrons. The van der Waals surface area contributed by atoms with Crippen LogP contribution < -0.4 is 11.1 Å². The second-order valence-electron chi connectivity index (χ2n) is 5.80. The number of ether oxygens (including phenoxy) is 2. The Labute approximate surface area is 164 Å². The Morgan fingerprint density at radius 1 is 1.10 bits per heavy atom. The van der Waals surface area contributed by atoms with Gasteiger partial charge in [0.2, 0.25) is 5.91 Å². The summed E-state index contributed by atoms with van der Waals surface area (Å²) in [5.41, 5.74) is 3.77. The van der Waals surface area contributed by atoms with E-state index in [0.29, 0.717) is 6.07 Å². The van der Waals surface area contributed by atoms with Gasteiger partial charge in [-0.15, -0.1) is 0 Å². The van der Waals surface area contributed by atoms with Crippen molar-refractivity contribution < 1.29 is 41.8 Å². The van der Waals surface area contributed by atoms with Crippen LogP contribution in [0, 0.1) is 5.92 Å². The van der Waals surface area contributed by atoms with Crippen molar-refractivity contribution in [2.75, 3.05) is 13.2 Å². The van der Waals surface area contributed by atoms with E-state index in [1.807, 2.05) is 0 Å². The van der Waals surface area contributed by atoms with Crippen LogP contribution in [0.25, 0.3) is 0 Å². The Morgan fingerprint density at radius 2 is 1.72 bits per heavy atom. The van der Waals surface area contributed by atoms with E-state index in [9.17, 15) is 32.3 Å². The Hall–Kier alpha value is -3.11. The van der Waals surface area contributed by atoms with Crippen molar-refractivity contribution >= 4 is 23.8 Å². The number of amides is 2. The highest BCUT2D eigenvalue weighted by molar-refractivity contribution is 5.99. The van der Waals surface area contributed by atoms with E-state index in [-0.39, 0.29) is 13.2 Å². The standard InChI is InChI=1S/C18H21F3N2O6/c1-3-28-13(24)9-12(17(27)29-4-2)14(15(22)25)23-16(26)10-6-5-7-11(8-10)18(19,20)21/h5-8,12,14H,3-4,9H2,1-2H3,(H2,22,25)(H,23,26)/t12-,14+/m1/s1. The van der Waals surface area contributed by atoms with Crippen LogP contribution in [0.15, 0.2) is 24.3 Å². The van der Waals surface area contributed by atoms with E-state index >= 15 is 0 Å². The molecule has 160 valence electrons. The minimum atomic E-state index is -4.68. The summed E-state index contributed by atoms with van der Waals surface area (Å²) in [7, 11) is 0. The van der Waals surface area contributed by atoms with Gasteiger partial charge in [0.1, 0.15) is 6.04 Å². The highest BCUT2D eigenvalue weighted by Gasteiger charge is 2.37. The van der Waals surface area contributed by atoms with Gasteiger partial charge in [-0.1, -0.05) is 6.07 Å². The summed E-state index contributed by atoms with van der Waals surface area (Å²) in [6, 6.07) is 1.74. The third-order valence-corrected chi connectivity index (χ3v) is 3.73. The lowest BCUT2D eigenvalue weighted by molar-refractivity contribution is -0.156. The lowest BCUT2D eigenvalue weighted by Gasteiger charge is -2.23. The van der Waals surface area contributed by atoms with Gasteiger partial charge in [0.05, 0.1) is 31.1 Å². The maximum atomic E-state index is 12.8. The molecule has 0 spiro atoms. The van der Waals surface area contributed by atoms with E-state index in [1.54, 1.807) is 0 Å². The van der Waals surface area contributed by atoms with Crippen molar-refractivity contribution in [3.8, 4) is 0 Å². The van der Waals surface area contributed by atoms with Crippen molar-refractivity contribution in [3.63, 3.8) is 0 Å². The fraction of sp³-hybridized carbons (Fsp3) is 0.444. The number of nitrogens with one attached hydrogen (secondary N) is 1. The van der Waals surface area contributed by atoms with Crippen molar-refractivity contribution in [1.82, 2.24) is 5.32 Å². The summed E-state index contributed by atoms with van der Waals surface area (Å²) in [5, 5.41) is 2.11. The predicted molar refractivity (Wildman–Crippen MR) is 93.3 cm³/mol. The number of benzene rings is 1. The van der Waals surface area contributed by atoms with Crippen LogP contribution in [0.2, 0.25) is 0 Å². The number of hydrogen-bond acceptors (Lipinski definition) is 6. The quantitative estimate of drug-likeness (QED) is 0.585. The summed E-state index contributed by atoms with van der Waals surface area (Å²) in [4.78, 5) is 48.2. The average Bonchev–Trinajstić information content (AvgIpc) is 2.64. The molecule has 29 heavy (non-hydrogen) atoms. The maximum Gasteiger partial charge on any atom is 0.416 e. The molecule has 1 rings (SSSR count). The lowest BCUT2D eigenvalue weighted by atomic mass is 9.94. The van der Waals surface area contributed by atoms with E-state index in [0.717, 1.165) is 18.2 Å². The predicted octanol–water partition coefficient (Wildman–Crippen LogP) is 1.42. The normalized spacial score (nSPS) is 13.1. The van der Waals surface area contributed by atoms with Crippen molar-refractivity contribution in [2.24, 2.45) is 11.7 Å². The monoisotopic (exact) mass is 418 g/mol. The first-order valence-electron chi connectivity index (χ1n) is 8.60. The van der Waals surface area contributed by atoms with E-state index in [4.69, 9.17) is 15.2 Å². The van der Waals surface area contributed by atoms with Crippen LogP contribution in [0.4, 0.5) is 13.2 Å². The van der Waals surface area contributed by atoms with E-state index in [1.165, 1.54) is 13.8 Å². The first-order chi connectivity index (χ1) is 13.5. The molecule has 0 saturated heterocycles. The number of rotatable bonds is 9. The van der Waals surface area contributed by atoms with Crippen LogP contribution in [0.5, 0.6) is 0 Å². The molecule has 0 aromatic heterocycles. The number of alkyl halides is 3. The number of halogens is 3. The summed E-state index contributed by atoms with van der Waals surface area (Å²) in [6.07, 6.45) is -5.31. The zero-order chi connectivity index (χ0) is 22.2. The molecule has 0 fully saturated rings. The van der Waals surface area contributed by atoms with Crippen LogP contribution in [0.1, 0.15) is 36.2 Å². The Bertz CT molecular complexity index is 766. The minimum Gasteiger partial charge on any atom is -0.466 e. The van der Waals surface area contributed by atoms with E-state index in [2.05, 4.69) is 5.32 Å². The number of carbonyl (C=O) groups excluding carboxylic acids is 4. The first kappa shape index (κ1) is 23.9. The highest BCUT2D eigenvalue weighted by atomic mass is 19.4. The molecular formula is C18H21F3N2O6. The van der Waals surface area contributed by atoms with Gasteiger partial charge >= 0.3 is 18.1 Å². The molecule has 8 nitrogen and oxygen atoms in total. The molecule has 2 atom stereocenters. The topological polar surface area (TPSA) is 125 Å². The fourth-order valence-corrected chi connectivity index (χ4v) is 2.42. The third kappa shape index (κ3) is 7.09. The number of carbonyl (C=O) groups is 4. The SMILES string of the molecule is CCOC(=O)C[C@@H](C(=O)OCC)[C@H](NC(=O)c1cccc(C(F)(F)F)c1)C(N)=O. The van der Waals surface area contributed by atoms with Crippen LogP contribution in [0.3, 0.4) is 0 Å². The highest BCUT2D eigenvalue weighted by Crippen LogP contribution is 2.29. The summed E-state index contributed by atoms with van der Waals surface area (Å²) in [5.74, 6) is -5.61. The molecule has 0 aliphatic carbocycles. The lowest BCUT2D eigenvalue weighted by Crippen LogP contribution is -2.52. The van der Waals surface area contributed by atoms with Crippen LogP contribution in [-0.4, -0.2) is 43.0 Å². The second kappa shape index (κ2) is 10.4. The zero-order valence-electron chi connectivity index (χ0n) is 15.7. The molecule has 0 aliphatic rings. The number of hydrogen-bond donors (Lipinski definition) is 2. The number of primary amides is 1.